The smallest absolute Gasteiger partial charge is 0.236 e. The lowest BCUT2D eigenvalue weighted by Crippen LogP contribution is -2.42. The summed E-state index contributed by atoms with van der Waals surface area (Å²) in [6, 6.07) is 8.11. The number of aromatic nitrogens is 3. The van der Waals surface area contributed by atoms with Crippen molar-refractivity contribution in [2.45, 2.75) is 57.2 Å². The standard InChI is InChI=1S/C14H12FN5.C11H20FN/c1-17-12-5-9(6-18-13(12)15)8-2-3-11-10(4-8)14(16)20-7-19-11;12-10-6-8-13(9-7-10)11-4-2-1-3-5-11/h2-7,17H,1H3,(H2,16,19,20);10-11H,1-9H2. The van der Waals surface area contributed by atoms with Crippen LogP contribution in [0.5, 0.6) is 0 Å². The Kier molecular flexibility index (Phi) is 7.65. The zero-order valence-corrected chi connectivity index (χ0v) is 19.1. The third-order valence-corrected chi connectivity index (χ3v) is 6.66. The number of benzene rings is 1. The van der Waals surface area contributed by atoms with Crippen molar-refractivity contribution < 1.29 is 8.78 Å². The molecule has 1 aliphatic carbocycles. The Labute approximate surface area is 193 Å². The van der Waals surface area contributed by atoms with Gasteiger partial charge in [-0.25, -0.2) is 19.3 Å². The van der Waals surface area contributed by atoms with Crippen LogP contribution in [0.25, 0.3) is 22.0 Å². The Balaban J connectivity index is 0.000000172. The summed E-state index contributed by atoms with van der Waals surface area (Å²) in [5.41, 5.74) is 8.63. The Morgan fingerprint density at radius 3 is 2.45 bits per heavy atom. The largest absolute Gasteiger partial charge is 0.384 e. The average molecular weight is 455 g/mol. The molecule has 33 heavy (non-hydrogen) atoms. The highest BCUT2D eigenvalue weighted by atomic mass is 19.1. The van der Waals surface area contributed by atoms with Crippen molar-refractivity contribution in [3.63, 3.8) is 0 Å². The van der Waals surface area contributed by atoms with Crippen LogP contribution in [0, 0.1) is 5.95 Å². The minimum atomic E-state index is -0.528. The summed E-state index contributed by atoms with van der Waals surface area (Å²) in [7, 11) is 1.65. The van der Waals surface area contributed by atoms with Gasteiger partial charge in [0, 0.05) is 43.3 Å². The van der Waals surface area contributed by atoms with Crippen molar-refractivity contribution in [2.24, 2.45) is 0 Å². The van der Waals surface area contributed by atoms with Gasteiger partial charge in [-0.1, -0.05) is 25.3 Å². The molecule has 2 aromatic heterocycles. The zero-order chi connectivity index (χ0) is 23.2. The first-order chi connectivity index (χ1) is 16.0. The van der Waals surface area contributed by atoms with E-state index in [1.54, 1.807) is 13.1 Å². The summed E-state index contributed by atoms with van der Waals surface area (Å²) in [5, 5.41) is 3.53. The van der Waals surface area contributed by atoms with Gasteiger partial charge in [0.25, 0.3) is 0 Å². The van der Waals surface area contributed by atoms with Crippen LogP contribution in [0.15, 0.2) is 36.8 Å². The molecule has 6 nitrogen and oxygen atoms in total. The molecule has 8 heteroatoms. The first-order valence-electron chi connectivity index (χ1n) is 11.8. The van der Waals surface area contributed by atoms with Crippen LogP contribution in [-0.2, 0) is 0 Å². The molecule has 0 bridgehead atoms. The summed E-state index contributed by atoms with van der Waals surface area (Å²) < 4.78 is 26.3. The predicted molar refractivity (Wildman–Crippen MR) is 129 cm³/mol. The van der Waals surface area contributed by atoms with Crippen LogP contribution in [0.3, 0.4) is 0 Å². The number of halogens is 2. The number of nitrogens with two attached hydrogens (primary N) is 1. The van der Waals surface area contributed by atoms with E-state index in [0.29, 0.717) is 11.5 Å². The summed E-state index contributed by atoms with van der Waals surface area (Å²) in [6.07, 6.45) is 10.9. The van der Waals surface area contributed by atoms with Gasteiger partial charge in [-0.05, 0) is 49.4 Å². The number of hydrogen-bond donors (Lipinski definition) is 2. The first-order valence-corrected chi connectivity index (χ1v) is 11.8. The fraction of sp³-hybridized carbons (Fsp3) is 0.480. The molecule has 2 aliphatic rings. The number of nitrogens with zero attached hydrogens (tertiary/aromatic N) is 4. The number of anilines is 2. The van der Waals surface area contributed by atoms with Crippen LogP contribution in [0.2, 0.25) is 0 Å². The highest BCUT2D eigenvalue weighted by Crippen LogP contribution is 2.28. The van der Waals surface area contributed by atoms with Crippen molar-refractivity contribution in [3.8, 4) is 11.1 Å². The van der Waals surface area contributed by atoms with Gasteiger partial charge in [0.2, 0.25) is 5.95 Å². The van der Waals surface area contributed by atoms with Crippen molar-refractivity contribution in [1.29, 1.82) is 0 Å². The summed E-state index contributed by atoms with van der Waals surface area (Å²) in [4.78, 5) is 14.4. The lowest BCUT2D eigenvalue weighted by Gasteiger charge is -2.37. The van der Waals surface area contributed by atoms with Crippen molar-refractivity contribution >= 4 is 22.4 Å². The monoisotopic (exact) mass is 454 g/mol. The van der Waals surface area contributed by atoms with Gasteiger partial charge >= 0.3 is 0 Å². The van der Waals surface area contributed by atoms with Gasteiger partial charge in [-0.2, -0.15) is 4.39 Å². The number of pyridine rings is 1. The molecule has 0 amide bonds. The Morgan fingerprint density at radius 1 is 0.970 bits per heavy atom. The van der Waals surface area contributed by atoms with Gasteiger partial charge in [-0.15, -0.1) is 0 Å². The van der Waals surface area contributed by atoms with E-state index in [-0.39, 0.29) is 0 Å². The van der Waals surface area contributed by atoms with Gasteiger partial charge < -0.3 is 16.0 Å². The second kappa shape index (κ2) is 10.8. The van der Waals surface area contributed by atoms with E-state index in [9.17, 15) is 8.78 Å². The van der Waals surface area contributed by atoms with Crippen LogP contribution < -0.4 is 11.1 Å². The topological polar surface area (TPSA) is 80.0 Å². The number of nitrogen functional groups attached to an aromatic ring is 1. The molecular formula is C25H32F2N6. The second-order valence-corrected chi connectivity index (χ2v) is 8.81. The minimum absolute atomic E-state index is 0.347. The average Bonchev–Trinajstić information content (AvgIpc) is 2.86. The fourth-order valence-electron chi connectivity index (χ4n) is 4.72. The number of nitrogens with one attached hydrogen (secondary N) is 1. The predicted octanol–water partition coefficient (Wildman–Crippen LogP) is 5.21. The Bertz CT molecular complexity index is 1060. The Hall–Kier alpha value is -2.87. The molecule has 0 radical (unpaired) electrons. The normalized spacial score (nSPS) is 18.0. The fourth-order valence-corrected chi connectivity index (χ4v) is 4.72. The molecule has 3 N–H and O–H groups in total. The van der Waals surface area contributed by atoms with E-state index in [1.807, 2.05) is 18.2 Å². The number of alkyl halides is 1. The van der Waals surface area contributed by atoms with Gasteiger partial charge in [0.05, 0.1) is 11.2 Å². The van der Waals surface area contributed by atoms with E-state index in [1.165, 1.54) is 44.6 Å². The van der Waals surface area contributed by atoms with Gasteiger partial charge in [0.15, 0.2) is 0 Å². The van der Waals surface area contributed by atoms with E-state index < -0.39 is 12.1 Å². The van der Waals surface area contributed by atoms with Crippen molar-refractivity contribution in [2.75, 3.05) is 31.2 Å². The van der Waals surface area contributed by atoms with E-state index in [4.69, 9.17) is 5.73 Å². The molecule has 0 atom stereocenters. The van der Waals surface area contributed by atoms with Crippen LogP contribution >= 0.6 is 0 Å². The maximum atomic E-state index is 13.4. The van der Waals surface area contributed by atoms with Gasteiger partial charge in [-0.3, -0.25) is 0 Å². The molecule has 5 rings (SSSR count). The zero-order valence-electron chi connectivity index (χ0n) is 19.1. The van der Waals surface area contributed by atoms with E-state index in [0.717, 1.165) is 54.0 Å². The molecule has 1 saturated heterocycles. The van der Waals surface area contributed by atoms with Gasteiger partial charge in [0.1, 0.15) is 18.3 Å². The minimum Gasteiger partial charge on any atom is -0.384 e. The molecule has 2 fully saturated rings. The van der Waals surface area contributed by atoms with Crippen molar-refractivity contribution in [3.05, 3.63) is 42.7 Å². The number of piperidine rings is 1. The summed E-state index contributed by atoms with van der Waals surface area (Å²) in [6.45, 7) is 2.01. The van der Waals surface area contributed by atoms with E-state index in [2.05, 4.69) is 25.2 Å². The lowest BCUT2D eigenvalue weighted by molar-refractivity contribution is 0.0914. The molecule has 1 aliphatic heterocycles. The number of likely N-dealkylation sites (tertiary alicyclic amines) is 1. The van der Waals surface area contributed by atoms with E-state index >= 15 is 0 Å². The molecule has 0 spiro atoms. The maximum absolute atomic E-state index is 13.4. The molecule has 3 aromatic rings. The van der Waals surface area contributed by atoms with Crippen LogP contribution in [0.1, 0.15) is 44.9 Å². The van der Waals surface area contributed by atoms with Crippen LogP contribution in [-0.4, -0.2) is 52.2 Å². The maximum Gasteiger partial charge on any atom is 0.236 e. The molecular weight excluding hydrogens is 422 g/mol. The third kappa shape index (κ3) is 5.74. The summed E-state index contributed by atoms with van der Waals surface area (Å²) >= 11 is 0. The lowest BCUT2D eigenvalue weighted by atomic mass is 9.92. The SMILES string of the molecule is CNc1cc(-c2ccc3ncnc(N)c3c2)cnc1F.FC1CCN(C2CCCCC2)CC1. The Morgan fingerprint density at radius 2 is 1.73 bits per heavy atom. The van der Waals surface area contributed by atoms with Crippen molar-refractivity contribution in [1.82, 2.24) is 19.9 Å². The highest BCUT2D eigenvalue weighted by molar-refractivity contribution is 5.91. The highest BCUT2D eigenvalue weighted by Gasteiger charge is 2.25. The summed E-state index contributed by atoms with van der Waals surface area (Å²) in [5.74, 6) is -0.111. The number of fused-ring (bicyclic) bond motifs is 1. The number of rotatable bonds is 3. The molecule has 1 aromatic carbocycles. The third-order valence-electron chi connectivity index (χ3n) is 6.66. The molecule has 176 valence electrons. The van der Waals surface area contributed by atoms with Crippen LogP contribution in [0.4, 0.5) is 20.3 Å². The number of hydrogen-bond acceptors (Lipinski definition) is 6. The molecule has 1 saturated carbocycles. The first kappa shape index (κ1) is 23.3. The molecule has 0 unspecified atom stereocenters. The quantitative estimate of drug-likeness (QED) is 0.529. The second-order valence-electron chi connectivity index (χ2n) is 8.81. The molecule has 3 heterocycles.